The highest BCUT2D eigenvalue weighted by Crippen LogP contribution is 2.35. The zero-order valence-electron chi connectivity index (χ0n) is 26.8. The van der Waals surface area contributed by atoms with Gasteiger partial charge < -0.3 is 19.9 Å². The van der Waals surface area contributed by atoms with Crippen LogP contribution in [0.2, 0.25) is 0 Å². The predicted octanol–water partition coefficient (Wildman–Crippen LogP) is 8.60. The molecule has 0 saturated heterocycles. The van der Waals surface area contributed by atoms with Crippen molar-refractivity contribution in [1.82, 2.24) is 5.32 Å². The van der Waals surface area contributed by atoms with Crippen LogP contribution in [0.4, 0.5) is 0 Å². The number of esters is 2. The van der Waals surface area contributed by atoms with E-state index in [2.05, 4.69) is 53.8 Å². The van der Waals surface area contributed by atoms with Crippen LogP contribution in [0.15, 0.2) is 78.9 Å². The van der Waals surface area contributed by atoms with Gasteiger partial charge in [0.25, 0.3) is 0 Å². The van der Waals surface area contributed by atoms with Crippen LogP contribution in [0.1, 0.15) is 96.9 Å². The summed E-state index contributed by atoms with van der Waals surface area (Å²) in [4.78, 5) is 25.2. The van der Waals surface area contributed by atoms with Crippen LogP contribution in [-0.2, 0) is 22.7 Å². The van der Waals surface area contributed by atoms with Crippen LogP contribution >= 0.6 is 12.4 Å². The molecule has 1 atom stereocenters. The van der Waals surface area contributed by atoms with E-state index in [1.165, 1.54) is 11.1 Å². The molecule has 3 rings (SSSR count). The Hall–Kier alpha value is -3.19. The summed E-state index contributed by atoms with van der Waals surface area (Å²) in [5.41, 5.74) is 1.94. The van der Waals surface area contributed by atoms with Gasteiger partial charge in [0, 0.05) is 13.1 Å². The van der Waals surface area contributed by atoms with E-state index in [4.69, 9.17) is 9.47 Å². The molecular formula is C36H50ClNO5. The highest BCUT2D eigenvalue weighted by molar-refractivity contribution is 5.85. The van der Waals surface area contributed by atoms with E-state index < -0.39 is 22.9 Å². The van der Waals surface area contributed by atoms with E-state index in [0.29, 0.717) is 18.4 Å². The molecule has 0 aromatic heterocycles. The molecule has 43 heavy (non-hydrogen) atoms. The number of ether oxygens (including phenoxy) is 2. The fourth-order valence-corrected chi connectivity index (χ4v) is 4.42. The second kappa shape index (κ2) is 18.5. The molecule has 6 nitrogen and oxygen atoms in total. The zero-order chi connectivity index (χ0) is 31.2. The SMILES string of the molecule is CCCC(C)(C)C(=O)Oc1ccc(C(C)O)cc1OC(=O)C(C)(C)CCC.Cl.c1ccc(CNCc2ccccc2)cc1. The van der Waals surface area contributed by atoms with E-state index in [-0.39, 0.29) is 29.9 Å². The largest absolute Gasteiger partial charge is 0.422 e. The first kappa shape index (κ1) is 37.8. The Morgan fingerprint density at radius 2 is 1.14 bits per heavy atom. The van der Waals surface area contributed by atoms with Gasteiger partial charge in [-0.3, -0.25) is 9.59 Å². The Kier molecular flexibility index (Phi) is 16.3. The van der Waals surface area contributed by atoms with Crippen LogP contribution in [0.3, 0.4) is 0 Å². The normalized spacial score (nSPS) is 11.8. The molecule has 0 saturated carbocycles. The Labute approximate surface area is 264 Å². The number of benzene rings is 3. The van der Waals surface area contributed by atoms with Gasteiger partial charge in [0.2, 0.25) is 0 Å². The lowest BCUT2D eigenvalue weighted by molar-refractivity contribution is -0.147. The summed E-state index contributed by atoms with van der Waals surface area (Å²) in [7, 11) is 0. The average molecular weight is 612 g/mol. The molecule has 236 valence electrons. The summed E-state index contributed by atoms with van der Waals surface area (Å²) in [5.74, 6) is -0.422. The number of hydrogen-bond donors (Lipinski definition) is 2. The van der Waals surface area contributed by atoms with Gasteiger partial charge in [0.1, 0.15) is 0 Å². The highest BCUT2D eigenvalue weighted by atomic mass is 35.5. The van der Waals surface area contributed by atoms with E-state index in [9.17, 15) is 14.7 Å². The van der Waals surface area contributed by atoms with E-state index >= 15 is 0 Å². The summed E-state index contributed by atoms with van der Waals surface area (Å²) in [6, 6.07) is 25.7. The molecule has 3 aromatic rings. The number of rotatable bonds is 13. The molecule has 3 aromatic carbocycles. The quantitative estimate of drug-likeness (QED) is 0.149. The minimum atomic E-state index is -0.729. The smallest absolute Gasteiger partial charge is 0.317 e. The Bertz CT molecular complexity index is 1200. The lowest BCUT2D eigenvalue weighted by Gasteiger charge is -2.24. The third kappa shape index (κ3) is 12.9. The molecule has 0 aliphatic carbocycles. The highest BCUT2D eigenvalue weighted by Gasteiger charge is 2.32. The van der Waals surface area contributed by atoms with Crippen LogP contribution in [-0.4, -0.2) is 17.0 Å². The maximum Gasteiger partial charge on any atom is 0.317 e. The van der Waals surface area contributed by atoms with Crippen molar-refractivity contribution >= 4 is 24.3 Å². The fraction of sp³-hybridized carbons (Fsp3) is 0.444. The van der Waals surface area contributed by atoms with Gasteiger partial charge >= 0.3 is 11.9 Å². The van der Waals surface area contributed by atoms with Crippen molar-refractivity contribution in [3.05, 3.63) is 95.6 Å². The summed E-state index contributed by atoms with van der Waals surface area (Å²) < 4.78 is 11.2. The minimum absolute atomic E-state index is 0. The zero-order valence-corrected chi connectivity index (χ0v) is 27.6. The minimum Gasteiger partial charge on any atom is -0.422 e. The first-order valence-corrected chi connectivity index (χ1v) is 14.9. The van der Waals surface area contributed by atoms with Crippen molar-refractivity contribution in [2.24, 2.45) is 10.8 Å². The maximum absolute atomic E-state index is 12.6. The lowest BCUT2D eigenvalue weighted by atomic mass is 9.88. The molecule has 0 radical (unpaired) electrons. The number of carbonyl (C=O) groups is 2. The lowest BCUT2D eigenvalue weighted by Crippen LogP contribution is -2.30. The molecule has 0 spiro atoms. The standard InChI is InChI=1S/C22H34O5.C14H15N.ClH/c1-8-12-21(4,5)19(24)26-17-11-10-16(15(3)23)14-18(17)27-20(25)22(6,7)13-9-2;1-3-7-13(8-4-1)11-15-12-14-9-5-2-6-10-14;/h10-11,14-15,23H,8-9,12-13H2,1-7H3;1-10,15H,11-12H2;1H. The molecule has 0 amide bonds. The summed E-state index contributed by atoms with van der Waals surface area (Å²) >= 11 is 0. The number of hydrogen-bond acceptors (Lipinski definition) is 6. The third-order valence-corrected chi connectivity index (χ3v) is 7.05. The van der Waals surface area contributed by atoms with Gasteiger partial charge in [-0.2, -0.15) is 0 Å². The summed E-state index contributed by atoms with van der Waals surface area (Å²) in [5, 5.41) is 13.3. The number of carbonyl (C=O) groups excluding carboxylic acids is 2. The molecule has 7 heteroatoms. The molecule has 2 N–H and O–H groups in total. The third-order valence-electron chi connectivity index (χ3n) is 7.05. The van der Waals surface area contributed by atoms with Crippen LogP contribution in [0, 0.1) is 10.8 Å². The first-order valence-electron chi connectivity index (χ1n) is 14.9. The van der Waals surface area contributed by atoms with E-state index in [1.54, 1.807) is 25.1 Å². The van der Waals surface area contributed by atoms with Crippen molar-refractivity contribution in [1.29, 1.82) is 0 Å². The van der Waals surface area contributed by atoms with Crippen LogP contribution in [0.25, 0.3) is 0 Å². The van der Waals surface area contributed by atoms with Gasteiger partial charge in [-0.25, -0.2) is 0 Å². The van der Waals surface area contributed by atoms with Gasteiger partial charge in [0.15, 0.2) is 11.5 Å². The van der Waals surface area contributed by atoms with Crippen molar-refractivity contribution in [3.63, 3.8) is 0 Å². The predicted molar refractivity (Wildman–Crippen MR) is 176 cm³/mol. The van der Waals surface area contributed by atoms with Crippen LogP contribution < -0.4 is 14.8 Å². The van der Waals surface area contributed by atoms with Gasteiger partial charge in [0.05, 0.1) is 16.9 Å². The van der Waals surface area contributed by atoms with E-state index in [1.807, 2.05) is 53.7 Å². The number of aliphatic hydroxyl groups excluding tert-OH is 1. The number of aliphatic hydroxyl groups is 1. The Morgan fingerprint density at radius 1 is 0.721 bits per heavy atom. The van der Waals surface area contributed by atoms with Crippen molar-refractivity contribution in [3.8, 4) is 11.5 Å². The Balaban J connectivity index is 0.000000486. The monoisotopic (exact) mass is 611 g/mol. The van der Waals surface area contributed by atoms with Gasteiger partial charge in [-0.1, -0.05) is 93.4 Å². The summed E-state index contributed by atoms with van der Waals surface area (Å²) in [6.07, 6.45) is 2.35. The molecule has 0 heterocycles. The Morgan fingerprint density at radius 3 is 1.53 bits per heavy atom. The molecule has 0 bridgehead atoms. The first-order chi connectivity index (χ1) is 19.9. The van der Waals surface area contributed by atoms with Gasteiger partial charge in [-0.05, 0) is 76.3 Å². The molecular weight excluding hydrogens is 562 g/mol. The molecule has 1 unspecified atom stereocenters. The topological polar surface area (TPSA) is 84.9 Å². The second-order valence-electron chi connectivity index (χ2n) is 12.0. The van der Waals surface area contributed by atoms with Crippen LogP contribution in [0.5, 0.6) is 11.5 Å². The maximum atomic E-state index is 12.6. The molecule has 0 fully saturated rings. The molecule has 0 aliphatic heterocycles. The average Bonchev–Trinajstić information content (AvgIpc) is 2.95. The number of nitrogens with one attached hydrogen (secondary N) is 1. The molecule has 0 aliphatic rings. The summed E-state index contributed by atoms with van der Waals surface area (Å²) in [6.45, 7) is 14.8. The van der Waals surface area contributed by atoms with E-state index in [0.717, 1.165) is 25.9 Å². The fourth-order valence-electron chi connectivity index (χ4n) is 4.42. The second-order valence-corrected chi connectivity index (χ2v) is 12.0. The number of halogens is 1. The van der Waals surface area contributed by atoms with Crippen molar-refractivity contribution in [2.45, 2.75) is 93.3 Å². The van der Waals surface area contributed by atoms with Crippen molar-refractivity contribution < 1.29 is 24.2 Å². The van der Waals surface area contributed by atoms with Gasteiger partial charge in [-0.15, -0.1) is 12.4 Å². The van der Waals surface area contributed by atoms with Crippen molar-refractivity contribution in [2.75, 3.05) is 0 Å².